The average Bonchev–Trinajstić information content (AvgIpc) is 2.53. The van der Waals surface area contributed by atoms with Crippen LogP contribution in [0.1, 0.15) is 30.1 Å². The normalized spacial score (nSPS) is 15.7. The van der Waals surface area contributed by atoms with Gasteiger partial charge in [-0.05, 0) is 31.0 Å². The maximum atomic E-state index is 12.5. The van der Waals surface area contributed by atoms with E-state index in [1.807, 2.05) is 0 Å². The molecule has 5 heteroatoms. The van der Waals surface area contributed by atoms with Crippen molar-refractivity contribution in [2.24, 2.45) is 5.92 Å². The number of methoxy groups -OCH3 is 2. The number of hydrogen-bond acceptors (Lipinski definition) is 4. The van der Waals surface area contributed by atoms with Crippen LogP contribution in [0.2, 0.25) is 0 Å². The van der Waals surface area contributed by atoms with Crippen LogP contribution in [-0.2, 0) is 4.79 Å². The number of Topliss-reactive ketones (excluding diaryl/α,β-unsaturated/α-hetero) is 1. The van der Waals surface area contributed by atoms with E-state index >= 15 is 0 Å². The number of ether oxygens (including phenoxy) is 2. The zero-order valence-electron chi connectivity index (χ0n) is 12.7. The molecule has 0 radical (unpaired) electrons. The Hall–Kier alpha value is -2.04. The van der Waals surface area contributed by atoms with E-state index in [0.717, 1.165) is 0 Å². The van der Waals surface area contributed by atoms with Crippen LogP contribution in [0.3, 0.4) is 0 Å². The van der Waals surface area contributed by atoms with Crippen molar-refractivity contribution < 1.29 is 19.1 Å². The SMILES string of the molecule is COc1ccc(C(=O)C2CCN(C(C)=O)CC2)cc1OC. The van der Waals surface area contributed by atoms with Gasteiger partial charge in [0.2, 0.25) is 5.91 Å². The van der Waals surface area contributed by atoms with Crippen molar-refractivity contribution in [1.82, 2.24) is 4.90 Å². The van der Waals surface area contributed by atoms with Gasteiger partial charge in [0, 0.05) is 31.5 Å². The molecule has 1 amide bonds. The quantitative estimate of drug-likeness (QED) is 0.798. The molecule has 0 saturated carbocycles. The molecule has 1 fully saturated rings. The van der Waals surface area contributed by atoms with E-state index in [0.29, 0.717) is 43.0 Å². The second-order valence-corrected chi connectivity index (χ2v) is 5.21. The second kappa shape index (κ2) is 6.61. The van der Waals surface area contributed by atoms with Crippen LogP contribution in [-0.4, -0.2) is 43.9 Å². The Morgan fingerprint density at radius 2 is 1.71 bits per heavy atom. The lowest BCUT2D eigenvalue weighted by atomic mass is 9.88. The summed E-state index contributed by atoms with van der Waals surface area (Å²) in [5.41, 5.74) is 0.633. The van der Waals surface area contributed by atoms with E-state index in [1.54, 1.807) is 44.2 Å². The Morgan fingerprint density at radius 1 is 1.10 bits per heavy atom. The van der Waals surface area contributed by atoms with Gasteiger partial charge in [0.15, 0.2) is 17.3 Å². The van der Waals surface area contributed by atoms with Crippen LogP contribution in [0.5, 0.6) is 11.5 Å². The monoisotopic (exact) mass is 291 g/mol. The standard InChI is InChI=1S/C16H21NO4/c1-11(18)17-8-6-12(7-9-17)16(19)13-4-5-14(20-2)15(10-13)21-3/h4-5,10,12H,6-9H2,1-3H3. The van der Waals surface area contributed by atoms with E-state index in [2.05, 4.69) is 0 Å². The summed E-state index contributed by atoms with van der Waals surface area (Å²) in [5, 5.41) is 0. The molecular formula is C16H21NO4. The third-order valence-corrected chi connectivity index (χ3v) is 3.98. The van der Waals surface area contributed by atoms with Gasteiger partial charge in [-0.1, -0.05) is 0 Å². The van der Waals surface area contributed by atoms with Gasteiger partial charge in [0.05, 0.1) is 14.2 Å². The van der Waals surface area contributed by atoms with Crippen LogP contribution in [0, 0.1) is 5.92 Å². The van der Waals surface area contributed by atoms with E-state index in [4.69, 9.17) is 9.47 Å². The van der Waals surface area contributed by atoms with E-state index in [1.165, 1.54) is 0 Å². The summed E-state index contributed by atoms with van der Waals surface area (Å²) in [5.74, 6) is 1.33. The van der Waals surface area contributed by atoms with Crippen LogP contribution < -0.4 is 9.47 Å². The Labute approximate surface area is 124 Å². The Bertz CT molecular complexity index is 533. The highest BCUT2D eigenvalue weighted by atomic mass is 16.5. The first-order valence-electron chi connectivity index (χ1n) is 7.08. The van der Waals surface area contributed by atoms with Crippen molar-refractivity contribution in [1.29, 1.82) is 0 Å². The minimum atomic E-state index is -0.0290. The van der Waals surface area contributed by atoms with Gasteiger partial charge < -0.3 is 14.4 Å². The van der Waals surface area contributed by atoms with Crippen molar-refractivity contribution in [3.63, 3.8) is 0 Å². The van der Waals surface area contributed by atoms with Gasteiger partial charge in [-0.15, -0.1) is 0 Å². The minimum Gasteiger partial charge on any atom is -0.493 e. The smallest absolute Gasteiger partial charge is 0.219 e. The first kappa shape index (κ1) is 15.4. The van der Waals surface area contributed by atoms with E-state index < -0.39 is 0 Å². The predicted molar refractivity (Wildman–Crippen MR) is 78.9 cm³/mol. The molecule has 5 nitrogen and oxygen atoms in total. The molecule has 0 N–H and O–H groups in total. The molecule has 1 aliphatic heterocycles. The first-order valence-corrected chi connectivity index (χ1v) is 7.08. The topological polar surface area (TPSA) is 55.8 Å². The highest BCUT2D eigenvalue weighted by molar-refractivity contribution is 5.98. The second-order valence-electron chi connectivity index (χ2n) is 5.21. The lowest BCUT2D eigenvalue weighted by molar-refractivity contribution is -0.130. The third kappa shape index (κ3) is 3.35. The van der Waals surface area contributed by atoms with Crippen molar-refractivity contribution in [3.05, 3.63) is 23.8 Å². The molecular weight excluding hydrogens is 270 g/mol. The van der Waals surface area contributed by atoms with Crippen LogP contribution in [0.15, 0.2) is 18.2 Å². The van der Waals surface area contributed by atoms with Gasteiger partial charge >= 0.3 is 0 Å². The molecule has 2 rings (SSSR count). The molecule has 21 heavy (non-hydrogen) atoms. The van der Waals surface area contributed by atoms with Crippen molar-refractivity contribution in [2.75, 3.05) is 27.3 Å². The fourth-order valence-electron chi connectivity index (χ4n) is 2.68. The van der Waals surface area contributed by atoms with Crippen molar-refractivity contribution in [3.8, 4) is 11.5 Å². The molecule has 0 aromatic heterocycles. The highest BCUT2D eigenvalue weighted by Crippen LogP contribution is 2.30. The summed E-state index contributed by atoms with van der Waals surface area (Å²) >= 11 is 0. The number of carbonyl (C=O) groups excluding carboxylic acids is 2. The molecule has 0 aliphatic carbocycles. The molecule has 1 heterocycles. The predicted octanol–water partition coefficient (Wildman–Crippen LogP) is 2.15. The summed E-state index contributed by atoms with van der Waals surface area (Å²) in [6.07, 6.45) is 1.43. The lowest BCUT2D eigenvalue weighted by Gasteiger charge is -2.30. The maximum Gasteiger partial charge on any atom is 0.219 e. The van der Waals surface area contributed by atoms with Gasteiger partial charge in [-0.2, -0.15) is 0 Å². The summed E-state index contributed by atoms with van der Waals surface area (Å²) in [6, 6.07) is 5.23. The number of piperidine rings is 1. The molecule has 1 aromatic carbocycles. The number of amides is 1. The van der Waals surface area contributed by atoms with Crippen LogP contribution >= 0.6 is 0 Å². The molecule has 0 unspecified atom stereocenters. The maximum absolute atomic E-state index is 12.5. The molecule has 1 aliphatic rings. The van der Waals surface area contributed by atoms with E-state index in [-0.39, 0.29) is 17.6 Å². The Balaban J connectivity index is 2.09. The zero-order valence-corrected chi connectivity index (χ0v) is 12.7. The highest BCUT2D eigenvalue weighted by Gasteiger charge is 2.27. The number of nitrogens with zero attached hydrogens (tertiary/aromatic N) is 1. The number of benzene rings is 1. The summed E-state index contributed by atoms with van der Waals surface area (Å²) in [4.78, 5) is 25.6. The largest absolute Gasteiger partial charge is 0.493 e. The Morgan fingerprint density at radius 3 is 2.24 bits per heavy atom. The van der Waals surface area contributed by atoms with Crippen molar-refractivity contribution in [2.45, 2.75) is 19.8 Å². The van der Waals surface area contributed by atoms with Crippen molar-refractivity contribution >= 4 is 11.7 Å². The van der Waals surface area contributed by atoms with Gasteiger partial charge in [-0.3, -0.25) is 9.59 Å². The average molecular weight is 291 g/mol. The first-order chi connectivity index (χ1) is 10.1. The Kier molecular flexibility index (Phi) is 4.83. The number of ketones is 1. The zero-order chi connectivity index (χ0) is 15.4. The number of carbonyl (C=O) groups is 2. The summed E-state index contributed by atoms with van der Waals surface area (Å²) < 4.78 is 10.4. The molecule has 0 spiro atoms. The molecule has 0 bridgehead atoms. The number of likely N-dealkylation sites (tertiary alicyclic amines) is 1. The third-order valence-electron chi connectivity index (χ3n) is 3.98. The van der Waals surface area contributed by atoms with E-state index in [9.17, 15) is 9.59 Å². The van der Waals surface area contributed by atoms with Crippen LogP contribution in [0.4, 0.5) is 0 Å². The lowest BCUT2D eigenvalue weighted by Crippen LogP contribution is -2.39. The summed E-state index contributed by atoms with van der Waals surface area (Å²) in [7, 11) is 3.12. The van der Waals surface area contributed by atoms with Gasteiger partial charge in [0.25, 0.3) is 0 Å². The van der Waals surface area contributed by atoms with Crippen LogP contribution in [0.25, 0.3) is 0 Å². The number of rotatable bonds is 4. The molecule has 1 saturated heterocycles. The summed E-state index contributed by atoms with van der Waals surface area (Å²) in [6.45, 7) is 2.87. The van der Waals surface area contributed by atoms with Gasteiger partial charge in [0.1, 0.15) is 0 Å². The molecule has 114 valence electrons. The minimum absolute atomic E-state index is 0.0290. The van der Waals surface area contributed by atoms with Gasteiger partial charge in [-0.25, -0.2) is 0 Å². The fourth-order valence-corrected chi connectivity index (χ4v) is 2.68. The number of hydrogen-bond donors (Lipinski definition) is 0. The fraction of sp³-hybridized carbons (Fsp3) is 0.500. The molecule has 0 atom stereocenters. The molecule has 1 aromatic rings.